The molecular weight excluding hydrogens is 306 g/mol. The van der Waals surface area contributed by atoms with Gasteiger partial charge >= 0.3 is 5.97 Å². The van der Waals surface area contributed by atoms with Gasteiger partial charge in [-0.15, -0.1) is 23.5 Å². The van der Waals surface area contributed by atoms with Crippen LogP contribution >= 0.6 is 23.5 Å². The van der Waals surface area contributed by atoms with Crippen LogP contribution in [-0.4, -0.2) is 34.0 Å². The van der Waals surface area contributed by atoms with Gasteiger partial charge in [-0.2, -0.15) is 0 Å². The summed E-state index contributed by atoms with van der Waals surface area (Å²) in [6.07, 6.45) is 0.335. The fourth-order valence-corrected chi connectivity index (χ4v) is 4.82. The van der Waals surface area contributed by atoms with E-state index in [2.05, 4.69) is 5.32 Å². The first-order valence-electron chi connectivity index (χ1n) is 6.85. The molecule has 1 aromatic carbocycles. The highest BCUT2D eigenvalue weighted by molar-refractivity contribution is 8.19. The quantitative estimate of drug-likeness (QED) is 0.870. The molecular formula is C15H19NO3S2. The van der Waals surface area contributed by atoms with Crippen molar-refractivity contribution in [2.45, 2.75) is 30.4 Å². The predicted molar refractivity (Wildman–Crippen MR) is 87.9 cm³/mol. The monoisotopic (exact) mass is 325 g/mol. The van der Waals surface area contributed by atoms with Crippen LogP contribution < -0.4 is 5.32 Å². The van der Waals surface area contributed by atoms with E-state index in [9.17, 15) is 14.7 Å². The number of nitrogens with one attached hydrogen (secondary N) is 1. The van der Waals surface area contributed by atoms with Gasteiger partial charge in [0.05, 0.1) is 4.58 Å². The first kappa shape index (κ1) is 16.2. The van der Waals surface area contributed by atoms with Gasteiger partial charge in [0.25, 0.3) is 5.91 Å². The molecule has 21 heavy (non-hydrogen) atoms. The molecule has 0 saturated carbocycles. The maximum absolute atomic E-state index is 12.2. The highest BCUT2D eigenvalue weighted by atomic mass is 32.2. The third kappa shape index (κ3) is 3.74. The van der Waals surface area contributed by atoms with Crippen molar-refractivity contribution in [1.29, 1.82) is 0 Å². The second-order valence-corrected chi connectivity index (χ2v) is 7.86. The van der Waals surface area contributed by atoms with Crippen molar-refractivity contribution in [3.8, 4) is 0 Å². The van der Waals surface area contributed by atoms with E-state index in [0.29, 0.717) is 16.6 Å². The number of hydrogen-bond donors (Lipinski definition) is 2. The number of amides is 1. The molecule has 0 spiro atoms. The fourth-order valence-electron chi connectivity index (χ4n) is 1.96. The van der Waals surface area contributed by atoms with Gasteiger partial charge in [-0.1, -0.05) is 19.1 Å². The van der Waals surface area contributed by atoms with E-state index in [1.54, 1.807) is 19.1 Å². The zero-order valence-electron chi connectivity index (χ0n) is 12.1. The van der Waals surface area contributed by atoms with Crippen molar-refractivity contribution in [1.82, 2.24) is 5.32 Å². The van der Waals surface area contributed by atoms with Crippen LogP contribution in [0.4, 0.5) is 0 Å². The van der Waals surface area contributed by atoms with Crippen LogP contribution in [-0.2, 0) is 4.79 Å². The van der Waals surface area contributed by atoms with Crippen molar-refractivity contribution in [2.75, 3.05) is 11.5 Å². The van der Waals surface area contributed by atoms with Crippen LogP contribution in [0.2, 0.25) is 0 Å². The van der Waals surface area contributed by atoms with Gasteiger partial charge in [0, 0.05) is 17.1 Å². The van der Waals surface area contributed by atoms with Crippen molar-refractivity contribution < 1.29 is 14.7 Å². The number of hydrogen-bond acceptors (Lipinski definition) is 4. The molecule has 1 aliphatic heterocycles. The van der Waals surface area contributed by atoms with Gasteiger partial charge in [-0.05, 0) is 31.0 Å². The number of aliphatic carboxylic acids is 1. The zero-order chi connectivity index (χ0) is 15.5. The molecule has 114 valence electrons. The molecule has 1 aromatic rings. The van der Waals surface area contributed by atoms with Crippen LogP contribution in [0.5, 0.6) is 0 Å². The first-order chi connectivity index (χ1) is 9.96. The van der Waals surface area contributed by atoms with Gasteiger partial charge in [-0.25, -0.2) is 4.79 Å². The average Bonchev–Trinajstić information content (AvgIpc) is 3.01. The SMILES string of the molecule is CCC(C)(NC(=O)c1ccc(C2SCCS2)cc1)C(=O)O. The lowest BCUT2D eigenvalue weighted by atomic mass is 9.98. The van der Waals surface area contributed by atoms with Crippen molar-refractivity contribution in [3.63, 3.8) is 0 Å². The van der Waals surface area contributed by atoms with Crippen LogP contribution in [0.1, 0.15) is 40.8 Å². The minimum Gasteiger partial charge on any atom is -0.480 e. The molecule has 1 saturated heterocycles. The van der Waals surface area contributed by atoms with Crippen molar-refractivity contribution in [3.05, 3.63) is 35.4 Å². The summed E-state index contributed by atoms with van der Waals surface area (Å²) >= 11 is 3.82. The Bertz CT molecular complexity index is 526. The maximum Gasteiger partial charge on any atom is 0.329 e. The molecule has 2 rings (SSSR count). The van der Waals surface area contributed by atoms with Crippen LogP contribution in [0.3, 0.4) is 0 Å². The third-order valence-electron chi connectivity index (χ3n) is 3.64. The van der Waals surface area contributed by atoms with Crippen LogP contribution in [0.25, 0.3) is 0 Å². The number of thioether (sulfide) groups is 2. The van der Waals surface area contributed by atoms with Gasteiger partial charge in [-0.3, -0.25) is 4.79 Å². The Morgan fingerprint density at radius 3 is 2.33 bits per heavy atom. The number of carbonyl (C=O) groups is 2. The molecule has 1 unspecified atom stereocenters. The minimum atomic E-state index is -1.23. The maximum atomic E-state index is 12.2. The lowest BCUT2D eigenvalue weighted by Gasteiger charge is -2.24. The summed E-state index contributed by atoms with van der Waals surface area (Å²) in [6.45, 7) is 3.26. The average molecular weight is 325 g/mol. The highest BCUT2D eigenvalue weighted by Crippen LogP contribution is 2.45. The van der Waals surface area contributed by atoms with Crippen molar-refractivity contribution in [2.24, 2.45) is 0 Å². The smallest absolute Gasteiger partial charge is 0.329 e. The lowest BCUT2D eigenvalue weighted by molar-refractivity contribution is -0.143. The molecule has 6 heteroatoms. The number of carboxylic acids is 1. The molecule has 1 atom stereocenters. The summed E-state index contributed by atoms with van der Waals surface area (Å²) in [4.78, 5) is 23.4. The number of benzene rings is 1. The molecule has 0 aromatic heterocycles. The predicted octanol–water partition coefficient (Wildman–Crippen LogP) is 3.15. The van der Waals surface area contributed by atoms with E-state index in [4.69, 9.17) is 0 Å². The molecule has 2 N–H and O–H groups in total. The normalized spacial score (nSPS) is 18.2. The second-order valence-electron chi connectivity index (χ2n) is 5.14. The third-order valence-corrected chi connectivity index (χ3v) is 6.74. The molecule has 1 amide bonds. The Hall–Kier alpha value is -1.14. The van der Waals surface area contributed by atoms with E-state index in [1.807, 2.05) is 35.7 Å². The number of carbonyl (C=O) groups excluding carboxylic acids is 1. The molecule has 0 aliphatic carbocycles. The summed E-state index contributed by atoms with van der Waals surface area (Å²) in [5.74, 6) is 0.949. The number of carboxylic acid groups (broad SMARTS) is 1. The summed E-state index contributed by atoms with van der Waals surface area (Å²) < 4.78 is 0.446. The Labute approximate surface area is 133 Å². The molecule has 0 radical (unpaired) electrons. The van der Waals surface area contributed by atoms with E-state index >= 15 is 0 Å². The molecule has 0 bridgehead atoms. The summed E-state index contributed by atoms with van der Waals surface area (Å²) in [5, 5.41) is 11.8. The van der Waals surface area contributed by atoms with Crippen LogP contribution in [0.15, 0.2) is 24.3 Å². The van der Waals surface area contributed by atoms with Gasteiger partial charge in [0.2, 0.25) is 0 Å². The highest BCUT2D eigenvalue weighted by Gasteiger charge is 2.33. The molecule has 1 heterocycles. The Morgan fingerprint density at radius 1 is 1.29 bits per heavy atom. The van der Waals surface area contributed by atoms with Crippen molar-refractivity contribution >= 4 is 35.4 Å². The van der Waals surface area contributed by atoms with Crippen LogP contribution in [0, 0.1) is 0 Å². The molecule has 1 aliphatic rings. The summed E-state index contributed by atoms with van der Waals surface area (Å²) in [5.41, 5.74) is 0.468. The Morgan fingerprint density at radius 2 is 1.86 bits per heavy atom. The van der Waals surface area contributed by atoms with Gasteiger partial charge in [0.15, 0.2) is 0 Å². The molecule has 4 nitrogen and oxygen atoms in total. The van der Waals surface area contributed by atoms with E-state index in [-0.39, 0.29) is 5.91 Å². The topological polar surface area (TPSA) is 66.4 Å². The zero-order valence-corrected chi connectivity index (χ0v) is 13.7. The van der Waals surface area contributed by atoms with E-state index in [1.165, 1.54) is 12.5 Å². The second kappa shape index (κ2) is 6.75. The Kier molecular flexibility index (Phi) is 5.22. The standard InChI is InChI=1S/C15H19NO3S2/c1-3-15(2,14(18)19)16-12(17)10-4-6-11(7-5-10)13-20-8-9-21-13/h4-7,13H,3,8-9H2,1-2H3,(H,16,17)(H,18,19). The van der Waals surface area contributed by atoms with E-state index in [0.717, 1.165) is 11.5 Å². The first-order valence-corrected chi connectivity index (χ1v) is 8.95. The lowest BCUT2D eigenvalue weighted by Crippen LogP contribution is -2.51. The summed E-state index contributed by atoms with van der Waals surface area (Å²) in [7, 11) is 0. The largest absolute Gasteiger partial charge is 0.480 e. The summed E-state index contributed by atoms with van der Waals surface area (Å²) in [6, 6.07) is 7.44. The fraction of sp³-hybridized carbons (Fsp3) is 0.467. The number of rotatable bonds is 5. The van der Waals surface area contributed by atoms with E-state index < -0.39 is 11.5 Å². The Balaban J connectivity index is 2.07. The molecule has 1 fully saturated rings. The minimum absolute atomic E-state index is 0.335. The van der Waals surface area contributed by atoms with Gasteiger partial charge < -0.3 is 10.4 Å². The van der Waals surface area contributed by atoms with Gasteiger partial charge in [0.1, 0.15) is 5.54 Å².